The minimum absolute atomic E-state index is 0.538. The predicted molar refractivity (Wildman–Crippen MR) is 118 cm³/mol. The second-order valence-corrected chi connectivity index (χ2v) is 7.79. The van der Waals surface area contributed by atoms with Gasteiger partial charge in [0.25, 0.3) is 0 Å². The summed E-state index contributed by atoms with van der Waals surface area (Å²) in [6, 6.07) is 15.5. The molecule has 0 atom stereocenters. The number of nitrogens with zero attached hydrogens (tertiary/aromatic N) is 4. The minimum Gasteiger partial charge on any atom is -0.497 e. The Morgan fingerprint density at radius 3 is 2.93 bits per heavy atom. The van der Waals surface area contributed by atoms with E-state index in [0.717, 1.165) is 43.9 Å². The van der Waals surface area contributed by atoms with Gasteiger partial charge in [-0.3, -0.25) is 9.67 Å². The molecule has 5 rings (SSSR count). The zero-order valence-corrected chi connectivity index (χ0v) is 17.0. The molecule has 5 aromatic rings. The van der Waals surface area contributed by atoms with Crippen molar-refractivity contribution >= 4 is 55.6 Å². The van der Waals surface area contributed by atoms with Gasteiger partial charge >= 0.3 is 0 Å². The highest BCUT2D eigenvalue weighted by Gasteiger charge is 2.14. The maximum Gasteiger partial charge on any atom is 0.160 e. The fourth-order valence-corrected chi connectivity index (χ4v) is 4.17. The molecule has 0 radical (unpaired) electrons. The summed E-state index contributed by atoms with van der Waals surface area (Å²) >= 11 is 7.60. The fourth-order valence-electron chi connectivity index (χ4n) is 3.32. The number of hydrogen-bond donors (Lipinski definition) is 1. The topological polar surface area (TPSA) is 64.9 Å². The van der Waals surface area contributed by atoms with Gasteiger partial charge in [0.15, 0.2) is 5.82 Å². The number of methoxy groups -OCH3 is 1. The average Bonchev–Trinajstić information content (AvgIpc) is 3.34. The molecule has 3 aromatic heterocycles. The van der Waals surface area contributed by atoms with E-state index in [2.05, 4.69) is 14.7 Å². The van der Waals surface area contributed by atoms with Gasteiger partial charge in [-0.1, -0.05) is 17.7 Å². The number of nitrogens with one attached hydrogen (secondary N) is 1. The summed E-state index contributed by atoms with van der Waals surface area (Å²) in [4.78, 5) is 4.56. The summed E-state index contributed by atoms with van der Waals surface area (Å²) in [5.41, 5.74) is 2.79. The molecule has 29 heavy (non-hydrogen) atoms. The number of anilines is 2. The molecule has 2 aromatic carbocycles. The lowest BCUT2D eigenvalue weighted by molar-refractivity contribution is 0.415. The standard InChI is InChI=1S/C21H16ClN5OS/c1-28-15-5-6-19-16(10-15)21(25-14-4-2-3-13(22)9-14)26-27(19)12-18-17-11-24-29-20(17)7-8-23-18/h2-11H,12H2,1H3,(H,25,26). The number of fused-ring (bicyclic) bond motifs is 2. The highest BCUT2D eigenvalue weighted by Crippen LogP contribution is 2.31. The molecular formula is C21H16ClN5OS. The molecule has 0 aliphatic rings. The third-order valence-corrected chi connectivity index (χ3v) is 5.71. The molecule has 0 aliphatic carbocycles. The predicted octanol–water partition coefficient (Wildman–Crippen LogP) is 5.49. The quantitative estimate of drug-likeness (QED) is 0.406. The van der Waals surface area contributed by atoms with Crippen LogP contribution in [0, 0.1) is 0 Å². The number of benzene rings is 2. The Labute approximate surface area is 175 Å². The fraction of sp³-hybridized carbons (Fsp3) is 0.0952. The first-order valence-electron chi connectivity index (χ1n) is 8.97. The molecule has 6 nitrogen and oxygen atoms in total. The highest BCUT2D eigenvalue weighted by atomic mass is 35.5. The molecule has 144 valence electrons. The molecule has 0 aliphatic heterocycles. The smallest absolute Gasteiger partial charge is 0.160 e. The van der Waals surface area contributed by atoms with Crippen LogP contribution in [0.3, 0.4) is 0 Å². The van der Waals surface area contributed by atoms with E-state index in [1.54, 1.807) is 7.11 Å². The van der Waals surface area contributed by atoms with Crippen molar-refractivity contribution < 1.29 is 4.74 Å². The molecule has 0 unspecified atom stereocenters. The van der Waals surface area contributed by atoms with E-state index in [4.69, 9.17) is 21.4 Å². The van der Waals surface area contributed by atoms with Gasteiger partial charge < -0.3 is 10.1 Å². The van der Waals surface area contributed by atoms with Crippen molar-refractivity contribution in [1.82, 2.24) is 19.1 Å². The lowest BCUT2D eigenvalue weighted by Crippen LogP contribution is -2.04. The van der Waals surface area contributed by atoms with Crippen LogP contribution in [-0.2, 0) is 6.54 Å². The third kappa shape index (κ3) is 3.39. The van der Waals surface area contributed by atoms with Gasteiger partial charge in [-0.05, 0) is 54.0 Å². The summed E-state index contributed by atoms with van der Waals surface area (Å²) in [5, 5.41) is 10.9. The SMILES string of the molecule is COc1ccc2c(c1)c(Nc1cccc(Cl)c1)nn2Cc1nccc2sncc12. The second kappa shape index (κ2) is 7.35. The minimum atomic E-state index is 0.538. The largest absolute Gasteiger partial charge is 0.497 e. The summed E-state index contributed by atoms with van der Waals surface area (Å²) in [6.07, 6.45) is 3.68. The molecule has 8 heteroatoms. The molecule has 0 amide bonds. The highest BCUT2D eigenvalue weighted by molar-refractivity contribution is 7.13. The van der Waals surface area contributed by atoms with Crippen molar-refractivity contribution in [3.63, 3.8) is 0 Å². The van der Waals surface area contributed by atoms with Crippen LogP contribution in [0.15, 0.2) is 60.9 Å². The van der Waals surface area contributed by atoms with Crippen LogP contribution in [0.4, 0.5) is 11.5 Å². The molecule has 0 saturated carbocycles. The van der Waals surface area contributed by atoms with Crippen LogP contribution >= 0.6 is 23.1 Å². The second-order valence-electron chi connectivity index (χ2n) is 6.52. The Morgan fingerprint density at radius 2 is 2.07 bits per heavy atom. The first kappa shape index (κ1) is 17.9. The molecule has 0 fully saturated rings. The molecule has 0 spiro atoms. The number of aromatic nitrogens is 4. The Balaban J connectivity index is 1.61. The number of halogens is 1. The average molecular weight is 422 g/mol. The summed E-state index contributed by atoms with van der Waals surface area (Å²) in [7, 11) is 1.66. The lowest BCUT2D eigenvalue weighted by Gasteiger charge is -2.05. The van der Waals surface area contributed by atoms with Crippen LogP contribution in [0.25, 0.3) is 21.0 Å². The van der Waals surface area contributed by atoms with E-state index >= 15 is 0 Å². The first-order valence-corrected chi connectivity index (χ1v) is 10.1. The number of pyridine rings is 1. The van der Waals surface area contributed by atoms with Crippen LogP contribution in [0.1, 0.15) is 5.69 Å². The number of hydrogen-bond acceptors (Lipinski definition) is 6. The van der Waals surface area contributed by atoms with Gasteiger partial charge in [0.2, 0.25) is 0 Å². The van der Waals surface area contributed by atoms with Gasteiger partial charge in [0.05, 0.1) is 35.8 Å². The van der Waals surface area contributed by atoms with Crippen LogP contribution in [0.5, 0.6) is 5.75 Å². The van der Waals surface area contributed by atoms with Crippen molar-refractivity contribution in [3.8, 4) is 5.75 Å². The van der Waals surface area contributed by atoms with Gasteiger partial charge in [-0.25, -0.2) is 0 Å². The summed E-state index contributed by atoms with van der Waals surface area (Å²) in [5.74, 6) is 1.50. The Kier molecular flexibility index (Phi) is 4.54. The van der Waals surface area contributed by atoms with Crippen molar-refractivity contribution in [3.05, 3.63) is 71.6 Å². The van der Waals surface area contributed by atoms with Gasteiger partial charge in [-0.15, -0.1) is 0 Å². The van der Waals surface area contributed by atoms with E-state index in [1.165, 1.54) is 11.5 Å². The monoisotopic (exact) mass is 421 g/mol. The first-order chi connectivity index (χ1) is 14.2. The van der Waals surface area contributed by atoms with E-state index in [0.29, 0.717) is 11.6 Å². The number of ether oxygens (including phenoxy) is 1. The van der Waals surface area contributed by atoms with Crippen molar-refractivity contribution in [2.45, 2.75) is 6.54 Å². The Hall–Kier alpha value is -3.16. The zero-order chi connectivity index (χ0) is 19.8. The normalized spacial score (nSPS) is 11.2. The van der Waals surface area contributed by atoms with Crippen molar-refractivity contribution in [1.29, 1.82) is 0 Å². The van der Waals surface area contributed by atoms with E-state index in [1.807, 2.05) is 65.6 Å². The molecular weight excluding hydrogens is 406 g/mol. The third-order valence-electron chi connectivity index (χ3n) is 4.71. The van der Waals surface area contributed by atoms with E-state index in [9.17, 15) is 0 Å². The van der Waals surface area contributed by atoms with Gasteiger partial charge in [0, 0.05) is 27.7 Å². The molecule has 0 bridgehead atoms. The Morgan fingerprint density at radius 1 is 1.14 bits per heavy atom. The zero-order valence-electron chi connectivity index (χ0n) is 15.5. The van der Waals surface area contributed by atoms with Gasteiger partial charge in [-0.2, -0.15) is 9.47 Å². The Bertz CT molecular complexity index is 1330. The summed E-state index contributed by atoms with van der Waals surface area (Å²) in [6.45, 7) is 0.538. The maximum absolute atomic E-state index is 6.14. The van der Waals surface area contributed by atoms with Crippen LogP contribution in [-0.4, -0.2) is 26.2 Å². The molecule has 3 heterocycles. The van der Waals surface area contributed by atoms with Crippen molar-refractivity contribution in [2.75, 3.05) is 12.4 Å². The van der Waals surface area contributed by atoms with E-state index < -0.39 is 0 Å². The van der Waals surface area contributed by atoms with Gasteiger partial charge in [0.1, 0.15) is 5.75 Å². The lowest BCUT2D eigenvalue weighted by atomic mass is 10.2. The number of rotatable bonds is 5. The molecule has 0 saturated heterocycles. The van der Waals surface area contributed by atoms with Crippen molar-refractivity contribution in [2.24, 2.45) is 0 Å². The molecule has 1 N–H and O–H groups in total. The van der Waals surface area contributed by atoms with Crippen LogP contribution < -0.4 is 10.1 Å². The maximum atomic E-state index is 6.14. The van der Waals surface area contributed by atoms with E-state index in [-0.39, 0.29) is 0 Å². The summed E-state index contributed by atoms with van der Waals surface area (Å²) < 4.78 is 12.8. The van der Waals surface area contributed by atoms with Crippen LogP contribution in [0.2, 0.25) is 5.02 Å².